The topological polar surface area (TPSA) is 58.1 Å². The maximum atomic E-state index is 13.2. The molecule has 0 unspecified atom stereocenters. The molecule has 1 fully saturated rings. The molecule has 0 bridgehead atoms. The van der Waals surface area contributed by atoms with E-state index >= 15 is 0 Å². The summed E-state index contributed by atoms with van der Waals surface area (Å²) in [5, 5.41) is 3.67. The van der Waals surface area contributed by atoms with Crippen molar-refractivity contribution in [1.82, 2.24) is 9.97 Å². The van der Waals surface area contributed by atoms with Crippen LogP contribution in [-0.2, 0) is 17.4 Å². The fourth-order valence-corrected chi connectivity index (χ4v) is 4.34. The Balaban J connectivity index is 1.39. The molecule has 0 atom stereocenters. The number of hydrogen-bond donors (Lipinski definition) is 1. The summed E-state index contributed by atoms with van der Waals surface area (Å²) >= 11 is 0. The van der Waals surface area contributed by atoms with Crippen molar-refractivity contribution in [2.24, 2.45) is 0 Å². The number of halogens is 3. The van der Waals surface area contributed by atoms with Crippen LogP contribution in [0.3, 0.4) is 0 Å². The fourth-order valence-electron chi connectivity index (χ4n) is 4.34. The molecule has 0 saturated carbocycles. The molecule has 5 nitrogen and oxygen atoms in total. The third kappa shape index (κ3) is 5.11. The minimum absolute atomic E-state index is 0.0615. The Labute approximate surface area is 200 Å². The maximum Gasteiger partial charge on any atom is 0.416 e. The van der Waals surface area contributed by atoms with Crippen LogP contribution in [0.25, 0.3) is 22.2 Å². The maximum absolute atomic E-state index is 13.2. The average Bonchev–Trinajstić information content (AvgIpc) is 3.39. The largest absolute Gasteiger partial charge is 0.416 e. The number of benzene rings is 2. The van der Waals surface area contributed by atoms with Crippen molar-refractivity contribution >= 4 is 28.4 Å². The van der Waals surface area contributed by atoms with Crippen LogP contribution in [0.5, 0.6) is 0 Å². The van der Waals surface area contributed by atoms with Crippen LogP contribution in [-0.4, -0.2) is 29.0 Å². The van der Waals surface area contributed by atoms with Crippen molar-refractivity contribution in [2.45, 2.75) is 25.4 Å². The van der Waals surface area contributed by atoms with E-state index in [0.717, 1.165) is 49.3 Å². The zero-order valence-electron chi connectivity index (χ0n) is 18.8. The first-order valence-electron chi connectivity index (χ1n) is 11.4. The van der Waals surface area contributed by atoms with Gasteiger partial charge in [0.1, 0.15) is 11.6 Å². The molecule has 1 amide bonds. The summed E-state index contributed by atoms with van der Waals surface area (Å²) in [6, 6.07) is 19.6. The number of nitrogens with zero attached hydrogens (tertiary/aromatic N) is 3. The van der Waals surface area contributed by atoms with Crippen LogP contribution in [0.15, 0.2) is 72.8 Å². The Kier molecular flexibility index (Phi) is 6.11. The normalized spacial score (nSPS) is 13.9. The molecule has 35 heavy (non-hydrogen) atoms. The minimum atomic E-state index is -4.43. The van der Waals surface area contributed by atoms with Gasteiger partial charge in [-0.25, -0.2) is 9.97 Å². The van der Waals surface area contributed by atoms with Gasteiger partial charge < -0.3 is 10.2 Å². The third-order valence-electron chi connectivity index (χ3n) is 6.07. The molecule has 1 aliphatic rings. The van der Waals surface area contributed by atoms with E-state index in [4.69, 9.17) is 0 Å². The highest BCUT2D eigenvalue weighted by molar-refractivity contribution is 5.95. The van der Waals surface area contributed by atoms with E-state index in [0.29, 0.717) is 28.2 Å². The quantitative estimate of drug-likeness (QED) is 0.378. The van der Waals surface area contributed by atoms with Gasteiger partial charge in [0, 0.05) is 24.0 Å². The zero-order chi connectivity index (χ0) is 24.4. The number of anilines is 2. The lowest BCUT2D eigenvalue weighted by Crippen LogP contribution is -2.20. The molecule has 1 N–H and O–H groups in total. The lowest BCUT2D eigenvalue weighted by Gasteiger charge is -2.17. The molecule has 178 valence electrons. The number of alkyl halides is 3. The second-order valence-electron chi connectivity index (χ2n) is 8.56. The summed E-state index contributed by atoms with van der Waals surface area (Å²) in [6.07, 6.45) is -2.11. The molecule has 1 saturated heterocycles. The summed E-state index contributed by atoms with van der Waals surface area (Å²) in [6.45, 7) is 1.92. The van der Waals surface area contributed by atoms with E-state index in [1.165, 1.54) is 6.07 Å². The summed E-state index contributed by atoms with van der Waals surface area (Å²) in [5.74, 6) is 1.09. The highest BCUT2D eigenvalue weighted by atomic mass is 19.4. The Bertz CT molecular complexity index is 1380. The molecule has 3 heterocycles. The monoisotopic (exact) mass is 476 g/mol. The number of aromatic nitrogens is 2. The van der Waals surface area contributed by atoms with Crippen LogP contribution in [0, 0.1) is 0 Å². The van der Waals surface area contributed by atoms with Gasteiger partial charge in [0.25, 0.3) is 0 Å². The first-order valence-corrected chi connectivity index (χ1v) is 11.4. The number of nitrogens with one attached hydrogen (secondary N) is 1. The van der Waals surface area contributed by atoms with Crippen LogP contribution in [0.2, 0.25) is 0 Å². The van der Waals surface area contributed by atoms with Crippen LogP contribution in [0.4, 0.5) is 24.8 Å². The van der Waals surface area contributed by atoms with Crippen LogP contribution >= 0.6 is 0 Å². The van der Waals surface area contributed by atoms with Crippen molar-refractivity contribution in [3.63, 3.8) is 0 Å². The van der Waals surface area contributed by atoms with Crippen molar-refractivity contribution < 1.29 is 18.0 Å². The van der Waals surface area contributed by atoms with Gasteiger partial charge in [-0.3, -0.25) is 4.79 Å². The number of fused-ring (bicyclic) bond motifs is 1. The summed E-state index contributed by atoms with van der Waals surface area (Å²) < 4.78 is 39.5. The first-order chi connectivity index (χ1) is 16.9. The highest BCUT2D eigenvalue weighted by Gasteiger charge is 2.30. The first kappa shape index (κ1) is 22.8. The molecule has 2 aromatic carbocycles. The smallest absolute Gasteiger partial charge is 0.357 e. The van der Waals surface area contributed by atoms with Gasteiger partial charge in [-0.2, -0.15) is 13.2 Å². The summed E-state index contributed by atoms with van der Waals surface area (Å²) in [4.78, 5) is 24.2. The van der Waals surface area contributed by atoms with Gasteiger partial charge in [0.05, 0.1) is 23.2 Å². The van der Waals surface area contributed by atoms with Gasteiger partial charge in [0.2, 0.25) is 5.91 Å². The third-order valence-corrected chi connectivity index (χ3v) is 6.07. The molecule has 0 aliphatic carbocycles. The molecule has 2 aromatic heterocycles. The number of pyridine rings is 2. The second-order valence-corrected chi connectivity index (χ2v) is 8.56. The van der Waals surface area contributed by atoms with Crippen LogP contribution < -0.4 is 10.2 Å². The Hall–Kier alpha value is -3.94. The van der Waals surface area contributed by atoms with Crippen molar-refractivity contribution in [1.29, 1.82) is 0 Å². The number of carbonyl (C=O) groups is 1. The Morgan fingerprint density at radius 1 is 0.914 bits per heavy atom. The van der Waals surface area contributed by atoms with Gasteiger partial charge in [0.15, 0.2) is 0 Å². The molecule has 4 aromatic rings. The Morgan fingerprint density at radius 3 is 2.49 bits per heavy atom. The number of rotatable bonds is 5. The van der Waals surface area contributed by atoms with Gasteiger partial charge in [-0.15, -0.1) is 0 Å². The van der Waals surface area contributed by atoms with Gasteiger partial charge >= 0.3 is 6.18 Å². The van der Waals surface area contributed by atoms with E-state index in [1.807, 2.05) is 24.3 Å². The number of hydrogen-bond acceptors (Lipinski definition) is 4. The lowest BCUT2D eigenvalue weighted by atomic mass is 10.0. The van der Waals surface area contributed by atoms with Crippen molar-refractivity contribution in [3.05, 3.63) is 83.9 Å². The zero-order valence-corrected chi connectivity index (χ0v) is 18.8. The molecule has 1 aliphatic heterocycles. The molecule has 0 radical (unpaired) electrons. The molecule has 8 heteroatoms. The van der Waals surface area contributed by atoms with Crippen molar-refractivity contribution in [2.75, 3.05) is 23.3 Å². The fraction of sp³-hybridized carbons (Fsp3) is 0.222. The standard InChI is InChI=1S/C27H23F3N4O/c28-27(29,30)21-9-4-7-19(16-21)22-13-12-18-6-3-8-20(26(18)31-22)17-25(35)33-23-10-5-11-24(32-23)34-14-1-2-15-34/h3-13,16H,1-2,14-15,17H2,(H,32,33,35). The summed E-state index contributed by atoms with van der Waals surface area (Å²) in [7, 11) is 0. The number of para-hydroxylation sites is 1. The highest BCUT2D eigenvalue weighted by Crippen LogP contribution is 2.32. The van der Waals surface area contributed by atoms with E-state index in [1.54, 1.807) is 30.3 Å². The molecular weight excluding hydrogens is 453 g/mol. The second kappa shape index (κ2) is 9.37. The molecule has 5 rings (SSSR count). The predicted octanol–water partition coefficient (Wildman–Crippen LogP) is 6.10. The van der Waals surface area contributed by atoms with Crippen LogP contribution in [0.1, 0.15) is 24.0 Å². The molecular formula is C27H23F3N4O. The predicted molar refractivity (Wildman–Crippen MR) is 130 cm³/mol. The van der Waals surface area contributed by atoms with E-state index in [9.17, 15) is 18.0 Å². The summed E-state index contributed by atoms with van der Waals surface area (Å²) in [5.41, 5.74) is 1.31. The van der Waals surface area contributed by atoms with E-state index in [-0.39, 0.29) is 12.3 Å². The van der Waals surface area contributed by atoms with Gasteiger partial charge in [-0.1, -0.05) is 42.5 Å². The van der Waals surface area contributed by atoms with Crippen molar-refractivity contribution in [3.8, 4) is 11.3 Å². The Morgan fingerprint density at radius 2 is 1.69 bits per heavy atom. The average molecular weight is 477 g/mol. The minimum Gasteiger partial charge on any atom is -0.357 e. The van der Waals surface area contributed by atoms with E-state index < -0.39 is 11.7 Å². The SMILES string of the molecule is O=C(Cc1cccc2ccc(-c3cccc(C(F)(F)F)c3)nc12)Nc1cccc(N2CCCC2)n1. The van der Waals surface area contributed by atoms with Gasteiger partial charge in [-0.05, 0) is 48.7 Å². The molecule has 0 spiro atoms. The number of carbonyl (C=O) groups excluding carboxylic acids is 1. The lowest BCUT2D eigenvalue weighted by molar-refractivity contribution is -0.137. The number of amides is 1. The van der Waals surface area contributed by atoms with E-state index in [2.05, 4.69) is 20.2 Å².